The Morgan fingerprint density at radius 3 is 3.05 bits per heavy atom. The molecule has 0 radical (unpaired) electrons. The number of benzene rings is 1. The Kier molecular flexibility index (Phi) is 3.22. The summed E-state index contributed by atoms with van der Waals surface area (Å²) in [7, 11) is 0. The van der Waals surface area contributed by atoms with E-state index in [1.54, 1.807) is 12.3 Å². The van der Waals surface area contributed by atoms with Crippen LogP contribution >= 0.6 is 0 Å². The number of anilines is 1. The summed E-state index contributed by atoms with van der Waals surface area (Å²) in [5.74, 6) is 5.97. The zero-order valence-electron chi connectivity index (χ0n) is 10.7. The van der Waals surface area contributed by atoms with Crippen LogP contribution in [0.2, 0.25) is 0 Å². The average Bonchev–Trinajstić information content (AvgIpc) is 2.90. The Morgan fingerprint density at radius 1 is 1.35 bits per heavy atom. The zero-order valence-corrected chi connectivity index (χ0v) is 10.7. The molecule has 1 aliphatic heterocycles. The van der Waals surface area contributed by atoms with Crippen molar-refractivity contribution < 1.29 is 9.53 Å². The standard InChI is InChI=1S/C14H14N4O2/c15-18-11-7-16-6-5-10(11)14(19)17-12-8-20-13-4-2-1-3-9(12)13/h1-7,12,18H,8,15H2,(H,17,19). The molecule has 3 rings (SSSR count). The number of pyridine rings is 1. The lowest BCUT2D eigenvalue weighted by Crippen LogP contribution is -2.30. The van der Waals surface area contributed by atoms with Crippen molar-refractivity contribution in [2.75, 3.05) is 12.0 Å². The molecular weight excluding hydrogens is 256 g/mol. The number of nitrogens with zero attached hydrogens (tertiary/aromatic N) is 1. The van der Waals surface area contributed by atoms with E-state index < -0.39 is 0 Å². The number of ether oxygens (including phenoxy) is 1. The number of fused-ring (bicyclic) bond motifs is 1. The fraction of sp³-hybridized carbons (Fsp3) is 0.143. The molecule has 2 heterocycles. The van der Waals surface area contributed by atoms with E-state index in [0.717, 1.165) is 11.3 Å². The highest BCUT2D eigenvalue weighted by Crippen LogP contribution is 2.31. The first-order valence-electron chi connectivity index (χ1n) is 6.23. The van der Waals surface area contributed by atoms with Crippen molar-refractivity contribution in [3.8, 4) is 5.75 Å². The predicted octanol–water partition coefficient (Wildman–Crippen LogP) is 1.23. The molecule has 2 aromatic rings. The summed E-state index contributed by atoms with van der Waals surface area (Å²) in [6.45, 7) is 0.432. The molecule has 0 aliphatic carbocycles. The van der Waals surface area contributed by atoms with Gasteiger partial charge in [0.05, 0.1) is 23.5 Å². The molecule has 6 heteroatoms. The van der Waals surface area contributed by atoms with Crippen LogP contribution in [-0.2, 0) is 0 Å². The second kappa shape index (κ2) is 5.18. The van der Waals surface area contributed by atoms with E-state index in [2.05, 4.69) is 15.7 Å². The van der Waals surface area contributed by atoms with Crippen LogP contribution in [0.3, 0.4) is 0 Å². The summed E-state index contributed by atoms with van der Waals surface area (Å²) < 4.78 is 5.54. The summed E-state index contributed by atoms with van der Waals surface area (Å²) in [5.41, 5.74) is 4.38. The number of hydrogen-bond acceptors (Lipinski definition) is 5. The number of nitrogens with one attached hydrogen (secondary N) is 2. The van der Waals surface area contributed by atoms with Gasteiger partial charge in [-0.2, -0.15) is 0 Å². The second-order valence-corrected chi connectivity index (χ2v) is 4.44. The lowest BCUT2D eigenvalue weighted by molar-refractivity contribution is 0.0931. The van der Waals surface area contributed by atoms with E-state index in [0.29, 0.717) is 17.9 Å². The lowest BCUT2D eigenvalue weighted by atomic mass is 10.1. The molecule has 0 spiro atoms. The number of para-hydroxylation sites is 1. The van der Waals surface area contributed by atoms with Crippen molar-refractivity contribution in [1.82, 2.24) is 10.3 Å². The maximum atomic E-state index is 12.3. The Balaban J connectivity index is 1.81. The Bertz CT molecular complexity index is 645. The van der Waals surface area contributed by atoms with E-state index in [4.69, 9.17) is 10.6 Å². The largest absolute Gasteiger partial charge is 0.491 e. The number of nitrogen functional groups attached to an aromatic ring is 1. The lowest BCUT2D eigenvalue weighted by Gasteiger charge is -2.13. The molecule has 20 heavy (non-hydrogen) atoms. The zero-order chi connectivity index (χ0) is 13.9. The van der Waals surface area contributed by atoms with E-state index in [-0.39, 0.29) is 11.9 Å². The number of hydrazine groups is 1. The number of carbonyl (C=O) groups is 1. The van der Waals surface area contributed by atoms with Gasteiger partial charge in [0, 0.05) is 11.8 Å². The van der Waals surface area contributed by atoms with Crippen molar-refractivity contribution in [2.24, 2.45) is 5.84 Å². The first-order valence-corrected chi connectivity index (χ1v) is 6.23. The fourth-order valence-electron chi connectivity index (χ4n) is 2.23. The first kappa shape index (κ1) is 12.4. The molecule has 1 unspecified atom stereocenters. The minimum Gasteiger partial charge on any atom is -0.491 e. The van der Waals surface area contributed by atoms with Crippen LogP contribution in [0.4, 0.5) is 5.69 Å². The molecule has 1 aromatic carbocycles. The van der Waals surface area contributed by atoms with Gasteiger partial charge in [-0.05, 0) is 12.1 Å². The Labute approximate surface area is 115 Å². The van der Waals surface area contributed by atoms with Gasteiger partial charge in [-0.3, -0.25) is 15.6 Å². The SMILES string of the molecule is NNc1cnccc1C(=O)NC1COc2ccccc21. The smallest absolute Gasteiger partial charge is 0.254 e. The third kappa shape index (κ3) is 2.17. The first-order chi connectivity index (χ1) is 9.79. The molecule has 0 saturated heterocycles. The van der Waals surface area contributed by atoms with Crippen LogP contribution in [0.5, 0.6) is 5.75 Å². The van der Waals surface area contributed by atoms with Crippen molar-refractivity contribution in [2.45, 2.75) is 6.04 Å². The van der Waals surface area contributed by atoms with E-state index in [1.807, 2.05) is 24.3 Å². The summed E-state index contributed by atoms with van der Waals surface area (Å²) in [4.78, 5) is 16.2. The molecule has 1 aromatic heterocycles. The fourth-order valence-corrected chi connectivity index (χ4v) is 2.23. The third-order valence-electron chi connectivity index (χ3n) is 3.23. The number of amides is 1. The van der Waals surface area contributed by atoms with Crippen LogP contribution in [0, 0.1) is 0 Å². The highest BCUT2D eigenvalue weighted by Gasteiger charge is 2.26. The van der Waals surface area contributed by atoms with Crippen LogP contribution in [0.15, 0.2) is 42.7 Å². The van der Waals surface area contributed by atoms with Crippen molar-refractivity contribution >= 4 is 11.6 Å². The Morgan fingerprint density at radius 2 is 2.20 bits per heavy atom. The number of hydrogen-bond donors (Lipinski definition) is 3. The number of carbonyl (C=O) groups excluding carboxylic acids is 1. The second-order valence-electron chi connectivity index (χ2n) is 4.44. The van der Waals surface area contributed by atoms with E-state index in [9.17, 15) is 4.79 Å². The summed E-state index contributed by atoms with van der Waals surface area (Å²) in [6, 6.07) is 9.13. The number of aromatic nitrogens is 1. The minimum atomic E-state index is -0.217. The van der Waals surface area contributed by atoms with E-state index >= 15 is 0 Å². The number of rotatable bonds is 3. The average molecular weight is 270 g/mol. The van der Waals surface area contributed by atoms with Gasteiger partial charge in [0.25, 0.3) is 5.91 Å². The maximum Gasteiger partial charge on any atom is 0.254 e. The molecule has 0 bridgehead atoms. The maximum absolute atomic E-state index is 12.3. The molecule has 1 atom stereocenters. The van der Waals surface area contributed by atoms with Crippen LogP contribution in [0.1, 0.15) is 22.0 Å². The predicted molar refractivity (Wildman–Crippen MR) is 74.2 cm³/mol. The Hall–Kier alpha value is -2.60. The summed E-state index contributed by atoms with van der Waals surface area (Å²) in [6.07, 6.45) is 3.06. The molecule has 1 amide bonds. The number of nitrogens with two attached hydrogens (primary N) is 1. The van der Waals surface area contributed by atoms with E-state index in [1.165, 1.54) is 6.20 Å². The highest BCUT2D eigenvalue weighted by atomic mass is 16.5. The van der Waals surface area contributed by atoms with Gasteiger partial charge < -0.3 is 15.5 Å². The van der Waals surface area contributed by atoms with Crippen LogP contribution < -0.4 is 21.3 Å². The van der Waals surface area contributed by atoms with Gasteiger partial charge in [0.15, 0.2) is 0 Å². The molecular formula is C14H14N4O2. The molecule has 0 fully saturated rings. The van der Waals surface area contributed by atoms with Gasteiger partial charge in [-0.25, -0.2) is 0 Å². The van der Waals surface area contributed by atoms with Gasteiger partial charge >= 0.3 is 0 Å². The molecule has 6 nitrogen and oxygen atoms in total. The van der Waals surface area contributed by atoms with Gasteiger partial charge in [0.1, 0.15) is 12.4 Å². The van der Waals surface area contributed by atoms with Crippen molar-refractivity contribution in [3.05, 3.63) is 53.9 Å². The van der Waals surface area contributed by atoms with Gasteiger partial charge in [-0.1, -0.05) is 18.2 Å². The molecule has 0 saturated carbocycles. The molecule has 1 aliphatic rings. The van der Waals surface area contributed by atoms with Crippen molar-refractivity contribution in [1.29, 1.82) is 0 Å². The highest BCUT2D eigenvalue weighted by molar-refractivity contribution is 5.99. The molecule has 102 valence electrons. The minimum absolute atomic E-state index is 0.155. The van der Waals surface area contributed by atoms with Gasteiger partial charge in [-0.15, -0.1) is 0 Å². The quantitative estimate of drug-likeness (QED) is 0.576. The topological polar surface area (TPSA) is 89.3 Å². The normalized spacial score (nSPS) is 16.1. The monoisotopic (exact) mass is 270 g/mol. The van der Waals surface area contributed by atoms with Crippen LogP contribution in [0.25, 0.3) is 0 Å². The molecule has 4 N–H and O–H groups in total. The third-order valence-corrected chi connectivity index (χ3v) is 3.23. The van der Waals surface area contributed by atoms with Crippen LogP contribution in [-0.4, -0.2) is 17.5 Å². The van der Waals surface area contributed by atoms with Crippen molar-refractivity contribution in [3.63, 3.8) is 0 Å². The summed E-state index contributed by atoms with van der Waals surface area (Å²) >= 11 is 0. The summed E-state index contributed by atoms with van der Waals surface area (Å²) in [5, 5.41) is 2.94. The van der Waals surface area contributed by atoms with Gasteiger partial charge in [0.2, 0.25) is 0 Å².